The maximum atomic E-state index is 13.1. The SMILES string of the molecule is CC(C)(C)OC(=O)Nc1cc(F)c(F)cc1S(N)(=O)=O. The summed E-state index contributed by atoms with van der Waals surface area (Å²) in [6.07, 6.45) is -1.02. The first-order chi connectivity index (χ1) is 8.90. The van der Waals surface area contributed by atoms with Crippen LogP contribution >= 0.6 is 0 Å². The van der Waals surface area contributed by atoms with Crippen LogP contribution in [0.15, 0.2) is 17.0 Å². The number of hydrogen-bond acceptors (Lipinski definition) is 4. The van der Waals surface area contributed by atoms with Crippen molar-refractivity contribution in [2.24, 2.45) is 5.14 Å². The van der Waals surface area contributed by atoms with Gasteiger partial charge in [0.25, 0.3) is 0 Å². The lowest BCUT2D eigenvalue weighted by Crippen LogP contribution is -2.28. The number of ether oxygens (including phenoxy) is 1. The molecule has 0 aliphatic carbocycles. The number of rotatable bonds is 2. The lowest BCUT2D eigenvalue weighted by Gasteiger charge is -2.20. The summed E-state index contributed by atoms with van der Waals surface area (Å²) in [5.41, 5.74) is -1.34. The summed E-state index contributed by atoms with van der Waals surface area (Å²) in [5.74, 6) is -2.73. The second-order valence-electron chi connectivity index (χ2n) is 4.93. The molecule has 0 heterocycles. The summed E-state index contributed by atoms with van der Waals surface area (Å²) in [4.78, 5) is 10.8. The monoisotopic (exact) mass is 308 g/mol. The zero-order valence-corrected chi connectivity index (χ0v) is 11.8. The van der Waals surface area contributed by atoms with Crippen LogP contribution in [0, 0.1) is 11.6 Å². The first-order valence-electron chi connectivity index (χ1n) is 5.42. The molecule has 0 aliphatic rings. The van der Waals surface area contributed by atoms with Gasteiger partial charge in [0.15, 0.2) is 11.6 Å². The molecular formula is C11H14F2N2O4S. The first-order valence-corrected chi connectivity index (χ1v) is 6.96. The first kappa shape index (κ1) is 16.3. The third-order valence-corrected chi connectivity index (χ3v) is 2.92. The van der Waals surface area contributed by atoms with Crippen molar-refractivity contribution < 1.29 is 26.7 Å². The van der Waals surface area contributed by atoms with Crippen molar-refractivity contribution in [2.75, 3.05) is 5.32 Å². The lowest BCUT2D eigenvalue weighted by atomic mass is 10.2. The highest BCUT2D eigenvalue weighted by molar-refractivity contribution is 7.89. The van der Waals surface area contributed by atoms with Gasteiger partial charge in [-0.05, 0) is 26.8 Å². The molecule has 0 spiro atoms. The van der Waals surface area contributed by atoms with Gasteiger partial charge in [0, 0.05) is 6.07 Å². The molecule has 20 heavy (non-hydrogen) atoms. The number of amides is 1. The number of nitrogens with one attached hydrogen (secondary N) is 1. The maximum absolute atomic E-state index is 13.1. The number of halogens is 2. The largest absolute Gasteiger partial charge is 0.444 e. The Balaban J connectivity index is 3.18. The molecule has 0 saturated carbocycles. The zero-order chi connectivity index (χ0) is 15.7. The summed E-state index contributed by atoms with van der Waals surface area (Å²) < 4.78 is 53.6. The zero-order valence-electron chi connectivity index (χ0n) is 11.0. The minimum absolute atomic E-state index is 0.386. The molecule has 3 N–H and O–H groups in total. The minimum Gasteiger partial charge on any atom is -0.444 e. The minimum atomic E-state index is -4.34. The van der Waals surface area contributed by atoms with Crippen LogP contribution < -0.4 is 10.5 Å². The second-order valence-corrected chi connectivity index (χ2v) is 6.46. The van der Waals surface area contributed by atoms with Crippen molar-refractivity contribution in [1.82, 2.24) is 0 Å². The van der Waals surface area contributed by atoms with Crippen LogP contribution in [0.4, 0.5) is 19.3 Å². The summed E-state index contributed by atoms with van der Waals surface area (Å²) in [6, 6.07) is 0.899. The van der Waals surface area contributed by atoms with Crippen LogP contribution in [0.25, 0.3) is 0 Å². The van der Waals surface area contributed by atoms with Gasteiger partial charge < -0.3 is 4.74 Å². The van der Waals surface area contributed by atoms with E-state index in [9.17, 15) is 22.0 Å². The molecule has 1 amide bonds. The average Bonchev–Trinajstić information content (AvgIpc) is 2.18. The van der Waals surface area contributed by atoms with Crippen LogP contribution in [0.3, 0.4) is 0 Å². The fourth-order valence-electron chi connectivity index (χ4n) is 1.28. The molecule has 0 radical (unpaired) electrons. The van der Waals surface area contributed by atoms with E-state index < -0.39 is 43.9 Å². The summed E-state index contributed by atoms with van der Waals surface area (Å²) >= 11 is 0. The molecule has 1 aromatic carbocycles. The Morgan fingerprint density at radius 1 is 1.25 bits per heavy atom. The molecule has 0 unspecified atom stereocenters. The van der Waals surface area contributed by atoms with Gasteiger partial charge in [-0.25, -0.2) is 27.1 Å². The second kappa shape index (κ2) is 5.33. The van der Waals surface area contributed by atoms with E-state index in [1.54, 1.807) is 20.8 Å². The van der Waals surface area contributed by atoms with Gasteiger partial charge in [0.2, 0.25) is 10.0 Å². The Hall–Kier alpha value is -1.74. The fourth-order valence-corrected chi connectivity index (χ4v) is 1.96. The molecule has 0 aliphatic heterocycles. The Labute approximate surface area is 115 Å². The number of nitrogens with two attached hydrogens (primary N) is 1. The third-order valence-electron chi connectivity index (χ3n) is 1.96. The van der Waals surface area contributed by atoms with E-state index >= 15 is 0 Å². The number of anilines is 1. The molecule has 0 atom stereocenters. The lowest BCUT2D eigenvalue weighted by molar-refractivity contribution is 0.0635. The topological polar surface area (TPSA) is 98.5 Å². The molecule has 1 aromatic rings. The predicted molar refractivity (Wildman–Crippen MR) is 67.6 cm³/mol. The number of primary sulfonamides is 1. The van der Waals surface area contributed by atoms with Crippen molar-refractivity contribution in [1.29, 1.82) is 0 Å². The molecule has 0 bridgehead atoms. The van der Waals surface area contributed by atoms with Crippen LogP contribution in [-0.2, 0) is 14.8 Å². The van der Waals surface area contributed by atoms with Crippen molar-refractivity contribution in [3.05, 3.63) is 23.8 Å². The Morgan fingerprint density at radius 3 is 2.20 bits per heavy atom. The molecule has 112 valence electrons. The van der Waals surface area contributed by atoms with E-state index in [-0.39, 0.29) is 0 Å². The van der Waals surface area contributed by atoms with Crippen LogP contribution in [0.5, 0.6) is 0 Å². The quantitative estimate of drug-likeness (QED) is 0.872. The smallest absolute Gasteiger partial charge is 0.412 e. The van der Waals surface area contributed by atoms with Gasteiger partial charge in [-0.1, -0.05) is 0 Å². The van der Waals surface area contributed by atoms with Crippen molar-refractivity contribution in [2.45, 2.75) is 31.3 Å². The van der Waals surface area contributed by atoms with Crippen LogP contribution in [-0.4, -0.2) is 20.1 Å². The van der Waals surface area contributed by atoms with Gasteiger partial charge in [0.05, 0.1) is 5.69 Å². The van der Waals surface area contributed by atoms with E-state index in [4.69, 9.17) is 9.88 Å². The van der Waals surface area contributed by atoms with Crippen molar-refractivity contribution in [3.8, 4) is 0 Å². The summed E-state index contributed by atoms with van der Waals surface area (Å²) in [7, 11) is -4.34. The normalized spacial score (nSPS) is 12.1. The number of carbonyl (C=O) groups is 1. The maximum Gasteiger partial charge on any atom is 0.412 e. The van der Waals surface area contributed by atoms with Crippen molar-refractivity contribution >= 4 is 21.8 Å². The van der Waals surface area contributed by atoms with Crippen LogP contribution in [0.1, 0.15) is 20.8 Å². The van der Waals surface area contributed by atoms with Gasteiger partial charge in [0.1, 0.15) is 10.5 Å². The predicted octanol–water partition coefficient (Wildman–Crippen LogP) is 1.96. The molecule has 6 nitrogen and oxygen atoms in total. The summed E-state index contributed by atoms with van der Waals surface area (Å²) in [5, 5.41) is 6.89. The Morgan fingerprint density at radius 2 is 1.75 bits per heavy atom. The van der Waals surface area contributed by atoms with Gasteiger partial charge >= 0.3 is 6.09 Å². The molecule has 0 saturated heterocycles. The standard InChI is InChI=1S/C11H14F2N2O4S/c1-11(2,3)19-10(16)15-8-4-6(12)7(13)5-9(8)20(14,17)18/h4-5H,1-3H3,(H,15,16)(H2,14,17,18). The van der Waals surface area contributed by atoms with E-state index in [1.165, 1.54) is 0 Å². The van der Waals surface area contributed by atoms with E-state index in [2.05, 4.69) is 0 Å². The average molecular weight is 308 g/mol. The van der Waals surface area contributed by atoms with Crippen molar-refractivity contribution in [3.63, 3.8) is 0 Å². The van der Waals surface area contributed by atoms with Gasteiger partial charge in [-0.2, -0.15) is 0 Å². The molecular weight excluding hydrogens is 294 g/mol. The van der Waals surface area contributed by atoms with E-state index in [0.717, 1.165) is 0 Å². The highest BCUT2D eigenvalue weighted by Crippen LogP contribution is 2.24. The van der Waals surface area contributed by atoms with Gasteiger partial charge in [-0.15, -0.1) is 0 Å². The Kier molecular flexibility index (Phi) is 4.35. The van der Waals surface area contributed by atoms with E-state index in [0.29, 0.717) is 12.1 Å². The van der Waals surface area contributed by atoms with Gasteiger partial charge in [-0.3, -0.25) is 5.32 Å². The molecule has 0 fully saturated rings. The molecule has 1 rings (SSSR count). The Bertz CT molecular complexity index is 639. The fraction of sp³-hybridized carbons (Fsp3) is 0.364. The van der Waals surface area contributed by atoms with Crippen LogP contribution in [0.2, 0.25) is 0 Å². The highest BCUT2D eigenvalue weighted by atomic mass is 32.2. The summed E-state index contributed by atoms with van der Waals surface area (Å²) in [6.45, 7) is 4.75. The third kappa shape index (κ3) is 4.42. The number of hydrogen-bond donors (Lipinski definition) is 2. The number of carbonyl (C=O) groups excluding carboxylic acids is 1. The van der Waals surface area contributed by atoms with E-state index in [1.807, 2.05) is 5.32 Å². The number of sulfonamides is 1. The number of benzene rings is 1. The molecule has 0 aromatic heterocycles. The highest BCUT2D eigenvalue weighted by Gasteiger charge is 2.22. The molecule has 9 heteroatoms.